The first-order valence-electron chi connectivity index (χ1n) is 9.10. The van der Waals surface area contributed by atoms with Crippen LogP contribution in [0.4, 0.5) is 4.39 Å². The van der Waals surface area contributed by atoms with Gasteiger partial charge < -0.3 is 9.72 Å². The van der Waals surface area contributed by atoms with Crippen molar-refractivity contribution in [1.29, 1.82) is 5.26 Å². The highest BCUT2D eigenvalue weighted by molar-refractivity contribution is 5.89. The van der Waals surface area contributed by atoms with E-state index in [2.05, 4.69) is 16.0 Å². The number of esters is 1. The van der Waals surface area contributed by atoms with E-state index >= 15 is 0 Å². The topological polar surface area (TPSA) is 100 Å². The maximum atomic E-state index is 13.5. The number of imidazole rings is 1. The largest absolute Gasteiger partial charge is 0.462 e. The summed E-state index contributed by atoms with van der Waals surface area (Å²) in [4.78, 5) is 32.6. The molecule has 0 atom stereocenters. The summed E-state index contributed by atoms with van der Waals surface area (Å²) in [5.41, 5.74) is 1.87. The predicted molar refractivity (Wildman–Crippen MR) is 107 cm³/mol. The number of rotatable bonds is 4. The van der Waals surface area contributed by atoms with Crippen LogP contribution in [0.2, 0.25) is 0 Å². The minimum Gasteiger partial charge on any atom is -0.462 e. The summed E-state index contributed by atoms with van der Waals surface area (Å²) >= 11 is 0. The molecule has 0 aliphatic carbocycles. The average Bonchev–Trinajstić information content (AvgIpc) is 3.15. The number of ether oxygens (including phenoxy) is 1. The molecule has 7 nitrogen and oxygen atoms in total. The van der Waals surface area contributed by atoms with Crippen LogP contribution in [-0.4, -0.2) is 26.9 Å². The summed E-state index contributed by atoms with van der Waals surface area (Å²) in [7, 11) is 0. The van der Waals surface area contributed by atoms with E-state index in [9.17, 15) is 14.0 Å². The Morgan fingerprint density at radius 3 is 2.47 bits per heavy atom. The molecule has 1 N–H and O–H groups in total. The van der Waals surface area contributed by atoms with Crippen LogP contribution < -0.4 is 5.56 Å². The van der Waals surface area contributed by atoms with Crippen LogP contribution in [0.3, 0.4) is 0 Å². The number of nitrogens with one attached hydrogen (secondary N) is 1. The van der Waals surface area contributed by atoms with Crippen LogP contribution >= 0.6 is 0 Å². The number of hydrogen-bond acceptors (Lipinski definition) is 5. The Morgan fingerprint density at radius 1 is 1.17 bits per heavy atom. The lowest BCUT2D eigenvalue weighted by molar-refractivity contribution is 0.0523. The average molecular weight is 402 g/mol. The summed E-state index contributed by atoms with van der Waals surface area (Å²) in [6.07, 6.45) is 1.17. The molecule has 0 radical (unpaired) electrons. The zero-order valence-corrected chi connectivity index (χ0v) is 15.8. The molecule has 0 amide bonds. The van der Waals surface area contributed by atoms with Crippen molar-refractivity contribution in [3.8, 4) is 28.6 Å². The molecular formula is C22H15FN4O3. The summed E-state index contributed by atoms with van der Waals surface area (Å²) in [5, 5.41) is 9.04. The van der Waals surface area contributed by atoms with Gasteiger partial charge in [-0.1, -0.05) is 12.1 Å². The first-order valence-corrected chi connectivity index (χ1v) is 9.10. The van der Waals surface area contributed by atoms with E-state index in [4.69, 9.17) is 10.00 Å². The summed E-state index contributed by atoms with van der Waals surface area (Å²) in [5.74, 6) is -0.974. The highest BCUT2D eigenvalue weighted by Gasteiger charge is 2.22. The third-order valence-corrected chi connectivity index (χ3v) is 4.57. The van der Waals surface area contributed by atoms with E-state index in [1.54, 1.807) is 31.2 Å². The lowest BCUT2D eigenvalue weighted by Gasteiger charge is -2.07. The molecule has 8 heteroatoms. The molecule has 4 rings (SSSR count). The van der Waals surface area contributed by atoms with Crippen molar-refractivity contribution in [2.45, 2.75) is 6.92 Å². The number of nitrogens with zero attached hydrogens (tertiary/aromatic N) is 3. The predicted octanol–water partition coefficient (Wildman–Crippen LogP) is 3.54. The van der Waals surface area contributed by atoms with Crippen LogP contribution in [0.1, 0.15) is 22.8 Å². The van der Waals surface area contributed by atoms with Crippen LogP contribution in [0.5, 0.6) is 0 Å². The molecular weight excluding hydrogens is 387 g/mol. The van der Waals surface area contributed by atoms with Crippen LogP contribution in [0, 0.1) is 17.1 Å². The van der Waals surface area contributed by atoms with Gasteiger partial charge in [0.1, 0.15) is 11.4 Å². The number of carbonyl (C=O) groups is 1. The molecule has 148 valence electrons. The van der Waals surface area contributed by atoms with Gasteiger partial charge >= 0.3 is 5.97 Å². The van der Waals surface area contributed by atoms with E-state index in [-0.39, 0.29) is 17.9 Å². The van der Waals surface area contributed by atoms with Gasteiger partial charge in [-0.05, 0) is 43.3 Å². The fraction of sp³-hybridized carbons (Fsp3) is 0.0909. The Morgan fingerprint density at radius 2 is 1.83 bits per heavy atom. The maximum absolute atomic E-state index is 13.5. The van der Waals surface area contributed by atoms with Crippen molar-refractivity contribution in [2.75, 3.05) is 6.61 Å². The zero-order valence-electron chi connectivity index (χ0n) is 15.8. The SMILES string of the molecule is CCOC(=O)c1cnc2[nH]c(-c3ccc(C#N)cc3)c(-c3ccc(F)cc3)n2c1=O. The number of nitriles is 1. The third kappa shape index (κ3) is 3.22. The van der Waals surface area contributed by atoms with Gasteiger partial charge in [-0.3, -0.25) is 4.79 Å². The molecule has 0 bridgehead atoms. The highest BCUT2D eigenvalue weighted by Crippen LogP contribution is 2.32. The van der Waals surface area contributed by atoms with Crippen LogP contribution in [0.15, 0.2) is 59.5 Å². The first-order chi connectivity index (χ1) is 14.5. The quantitative estimate of drug-likeness (QED) is 0.526. The van der Waals surface area contributed by atoms with Crippen molar-refractivity contribution < 1.29 is 13.9 Å². The molecule has 0 aliphatic rings. The normalized spacial score (nSPS) is 10.7. The lowest BCUT2D eigenvalue weighted by Crippen LogP contribution is -2.24. The summed E-state index contributed by atoms with van der Waals surface area (Å²) in [6, 6.07) is 14.4. The second-order valence-electron chi connectivity index (χ2n) is 6.40. The third-order valence-electron chi connectivity index (χ3n) is 4.57. The molecule has 0 spiro atoms. The fourth-order valence-corrected chi connectivity index (χ4v) is 3.18. The van der Waals surface area contributed by atoms with Crippen molar-refractivity contribution >= 4 is 11.7 Å². The minimum absolute atomic E-state index is 0.120. The van der Waals surface area contributed by atoms with Crippen molar-refractivity contribution in [1.82, 2.24) is 14.4 Å². The van der Waals surface area contributed by atoms with Gasteiger partial charge in [0.2, 0.25) is 5.78 Å². The first kappa shape index (κ1) is 19.1. The van der Waals surface area contributed by atoms with E-state index < -0.39 is 17.3 Å². The van der Waals surface area contributed by atoms with E-state index in [1.807, 2.05) is 0 Å². The lowest BCUT2D eigenvalue weighted by atomic mass is 10.0. The molecule has 2 heterocycles. The smallest absolute Gasteiger partial charge is 0.345 e. The van der Waals surface area contributed by atoms with Gasteiger partial charge in [-0.2, -0.15) is 5.26 Å². The number of H-pyrrole nitrogens is 1. The molecule has 0 unspecified atom stereocenters. The Kier molecular flexibility index (Phi) is 4.86. The van der Waals surface area contributed by atoms with Gasteiger partial charge in [0.15, 0.2) is 0 Å². The second-order valence-corrected chi connectivity index (χ2v) is 6.40. The Hall–Kier alpha value is -4.25. The summed E-state index contributed by atoms with van der Waals surface area (Å²) < 4.78 is 19.7. The van der Waals surface area contributed by atoms with E-state index in [0.29, 0.717) is 28.1 Å². The number of carbonyl (C=O) groups excluding carboxylic acids is 1. The van der Waals surface area contributed by atoms with Gasteiger partial charge in [-0.15, -0.1) is 0 Å². The number of fused-ring (bicyclic) bond motifs is 1. The number of aromatic nitrogens is 3. The van der Waals surface area contributed by atoms with Crippen molar-refractivity contribution in [2.24, 2.45) is 0 Å². The van der Waals surface area contributed by atoms with E-state index in [0.717, 1.165) is 0 Å². The molecule has 0 saturated heterocycles. The maximum Gasteiger partial charge on any atom is 0.345 e. The fourth-order valence-electron chi connectivity index (χ4n) is 3.18. The standard InChI is InChI=1S/C22H15FN4O3/c1-2-30-21(29)17-12-25-22-26-18(14-5-3-13(11-24)4-6-14)19(27(22)20(17)28)15-7-9-16(23)10-8-15/h3-10,12H,2H2,1H3,(H,25,26). The molecule has 2 aromatic heterocycles. The molecule has 2 aromatic carbocycles. The Bertz CT molecular complexity index is 1350. The van der Waals surface area contributed by atoms with Crippen molar-refractivity contribution in [3.05, 3.63) is 82.0 Å². The molecule has 0 aliphatic heterocycles. The Labute approximate surface area is 170 Å². The molecule has 0 saturated carbocycles. The summed E-state index contributed by atoms with van der Waals surface area (Å²) in [6.45, 7) is 1.76. The number of aromatic amines is 1. The van der Waals surface area contributed by atoms with Gasteiger partial charge in [0, 0.05) is 11.1 Å². The second kappa shape index (κ2) is 7.64. The van der Waals surface area contributed by atoms with Gasteiger partial charge in [0.25, 0.3) is 5.56 Å². The monoisotopic (exact) mass is 402 g/mol. The molecule has 30 heavy (non-hydrogen) atoms. The highest BCUT2D eigenvalue weighted by atomic mass is 19.1. The number of hydrogen-bond donors (Lipinski definition) is 1. The minimum atomic E-state index is -0.768. The van der Waals surface area contributed by atoms with E-state index in [1.165, 1.54) is 34.9 Å². The molecule has 4 aromatic rings. The number of halogens is 1. The van der Waals surface area contributed by atoms with Crippen LogP contribution in [0.25, 0.3) is 28.3 Å². The number of benzene rings is 2. The van der Waals surface area contributed by atoms with Crippen LogP contribution in [-0.2, 0) is 4.74 Å². The van der Waals surface area contributed by atoms with Gasteiger partial charge in [0.05, 0.1) is 35.8 Å². The Balaban J connectivity index is 2.04. The molecule has 0 fully saturated rings. The van der Waals surface area contributed by atoms with Crippen molar-refractivity contribution in [3.63, 3.8) is 0 Å². The van der Waals surface area contributed by atoms with Gasteiger partial charge in [-0.25, -0.2) is 18.6 Å². The zero-order chi connectivity index (χ0) is 21.3.